The lowest BCUT2D eigenvalue weighted by molar-refractivity contribution is 0.0776. The van der Waals surface area contributed by atoms with Crippen LogP contribution in [0.1, 0.15) is 39.2 Å². The number of ether oxygens (including phenoxy) is 1. The Hall–Kier alpha value is -0.820. The van der Waals surface area contributed by atoms with Gasteiger partial charge in [-0.05, 0) is 45.6 Å². The standard InChI is InChI=1S/C18H31N3O.HI/c1-15(2)22-14-8-13-20-18(19-4)21-16(3)11-12-17-9-6-5-7-10-17;/h5-7,9-10,15-16H,8,11-14H2,1-4H3,(H2,19,20,21);1H. The number of hydrogen-bond acceptors (Lipinski definition) is 2. The molecule has 1 atom stereocenters. The van der Waals surface area contributed by atoms with Crippen LogP contribution in [-0.2, 0) is 11.2 Å². The lowest BCUT2D eigenvalue weighted by Crippen LogP contribution is -2.42. The molecule has 0 saturated heterocycles. The minimum atomic E-state index is 0. The van der Waals surface area contributed by atoms with Gasteiger partial charge in [-0.25, -0.2) is 0 Å². The number of aryl methyl sites for hydroxylation is 1. The lowest BCUT2D eigenvalue weighted by atomic mass is 10.1. The molecule has 0 aliphatic carbocycles. The van der Waals surface area contributed by atoms with E-state index in [-0.39, 0.29) is 24.0 Å². The van der Waals surface area contributed by atoms with E-state index < -0.39 is 0 Å². The molecule has 1 rings (SSSR count). The van der Waals surface area contributed by atoms with Crippen molar-refractivity contribution < 1.29 is 4.74 Å². The average Bonchev–Trinajstić information content (AvgIpc) is 2.52. The second-order valence-corrected chi connectivity index (χ2v) is 5.84. The summed E-state index contributed by atoms with van der Waals surface area (Å²) in [6.45, 7) is 7.96. The molecule has 0 aromatic heterocycles. The van der Waals surface area contributed by atoms with Crippen molar-refractivity contribution in [2.75, 3.05) is 20.2 Å². The Labute approximate surface area is 158 Å². The molecule has 0 spiro atoms. The molecule has 1 unspecified atom stereocenters. The van der Waals surface area contributed by atoms with Crippen molar-refractivity contribution in [3.05, 3.63) is 35.9 Å². The summed E-state index contributed by atoms with van der Waals surface area (Å²) in [6, 6.07) is 11.0. The number of aliphatic imine (C=N–C) groups is 1. The van der Waals surface area contributed by atoms with Gasteiger partial charge in [-0.15, -0.1) is 24.0 Å². The summed E-state index contributed by atoms with van der Waals surface area (Å²) in [5.74, 6) is 0.866. The van der Waals surface area contributed by atoms with E-state index in [0.29, 0.717) is 12.1 Å². The summed E-state index contributed by atoms with van der Waals surface area (Å²) in [5, 5.41) is 6.77. The van der Waals surface area contributed by atoms with Gasteiger partial charge in [0.1, 0.15) is 0 Å². The first-order valence-electron chi connectivity index (χ1n) is 8.24. The highest BCUT2D eigenvalue weighted by Gasteiger charge is 2.05. The summed E-state index contributed by atoms with van der Waals surface area (Å²) in [5.41, 5.74) is 1.38. The van der Waals surface area contributed by atoms with Gasteiger partial charge in [0, 0.05) is 26.2 Å². The van der Waals surface area contributed by atoms with Gasteiger partial charge in [0.15, 0.2) is 5.96 Å². The molecular weight excluding hydrogens is 401 g/mol. The Kier molecular flexibility index (Phi) is 13.1. The SMILES string of the molecule is CN=C(NCCCOC(C)C)NC(C)CCc1ccccc1.I. The van der Waals surface area contributed by atoms with Gasteiger partial charge in [0.2, 0.25) is 0 Å². The van der Waals surface area contributed by atoms with Crippen LogP contribution in [0.4, 0.5) is 0 Å². The van der Waals surface area contributed by atoms with E-state index >= 15 is 0 Å². The van der Waals surface area contributed by atoms with Crippen LogP contribution in [0.25, 0.3) is 0 Å². The number of halogens is 1. The predicted molar refractivity (Wildman–Crippen MR) is 110 cm³/mol. The molecule has 1 aromatic rings. The maximum Gasteiger partial charge on any atom is 0.191 e. The summed E-state index contributed by atoms with van der Waals surface area (Å²) < 4.78 is 5.53. The topological polar surface area (TPSA) is 45.7 Å². The van der Waals surface area contributed by atoms with E-state index in [1.165, 1.54) is 5.56 Å². The van der Waals surface area contributed by atoms with Gasteiger partial charge in [0.05, 0.1) is 6.10 Å². The molecule has 0 aliphatic rings. The van der Waals surface area contributed by atoms with Gasteiger partial charge in [-0.2, -0.15) is 0 Å². The molecule has 1 aromatic carbocycles. The highest BCUT2D eigenvalue weighted by molar-refractivity contribution is 14.0. The smallest absolute Gasteiger partial charge is 0.191 e. The van der Waals surface area contributed by atoms with E-state index in [2.05, 4.69) is 66.7 Å². The fraction of sp³-hybridized carbons (Fsp3) is 0.611. The van der Waals surface area contributed by atoms with Crippen molar-refractivity contribution in [2.24, 2.45) is 4.99 Å². The van der Waals surface area contributed by atoms with Crippen molar-refractivity contribution in [3.63, 3.8) is 0 Å². The fourth-order valence-electron chi connectivity index (χ4n) is 2.13. The first kappa shape index (κ1) is 22.2. The van der Waals surface area contributed by atoms with Crippen LogP contribution < -0.4 is 10.6 Å². The first-order chi connectivity index (χ1) is 10.6. The average molecular weight is 433 g/mol. The Balaban J connectivity index is 0.00000484. The van der Waals surface area contributed by atoms with E-state index in [9.17, 15) is 0 Å². The van der Waals surface area contributed by atoms with Gasteiger partial charge < -0.3 is 15.4 Å². The van der Waals surface area contributed by atoms with Crippen LogP contribution in [0.5, 0.6) is 0 Å². The normalized spacial score (nSPS) is 12.7. The maximum atomic E-state index is 5.53. The lowest BCUT2D eigenvalue weighted by Gasteiger charge is -2.18. The molecule has 23 heavy (non-hydrogen) atoms. The summed E-state index contributed by atoms with van der Waals surface area (Å²) in [6.07, 6.45) is 3.45. The third kappa shape index (κ3) is 11.4. The quantitative estimate of drug-likeness (QED) is 0.271. The molecule has 0 radical (unpaired) electrons. The zero-order chi connectivity index (χ0) is 16.2. The second-order valence-electron chi connectivity index (χ2n) is 5.84. The largest absolute Gasteiger partial charge is 0.379 e. The van der Waals surface area contributed by atoms with E-state index in [0.717, 1.165) is 38.4 Å². The predicted octanol–water partition coefficient (Wildman–Crippen LogP) is 3.61. The molecule has 5 heteroatoms. The molecule has 0 heterocycles. The fourth-order valence-corrected chi connectivity index (χ4v) is 2.13. The summed E-state index contributed by atoms with van der Waals surface area (Å²) in [4.78, 5) is 4.27. The van der Waals surface area contributed by atoms with Crippen molar-refractivity contribution in [1.29, 1.82) is 0 Å². The Morgan fingerprint density at radius 1 is 1.17 bits per heavy atom. The van der Waals surface area contributed by atoms with Crippen LogP contribution in [0.3, 0.4) is 0 Å². The van der Waals surface area contributed by atoms with Crippen molar-refractivity contribution in [1.82, 2.24) is 10.6 Å². The van der Waals surface area contributed by atoms with Crippen LogP contribution in [-0.4, -0.2) is 38.3 Å². The van der Waals surface area contributed by atoms with E-state index in [1.54, 1.807) is 0 Å². The van der Waals surface area contributed by atoms with Crippen molar-refractivity contribution in [3.8, 4) is 0 Å². The number of benzene rings is 1. The van der Waals surface area contributed by atoms with Gasteiger partial charge in [0.25, 0.3) is 0 Å². The second kappa shape index (κ2) is 13.6. The number of nitrogens with one attached hydrogen (secondary N) is 2. The molecule has 2 N–H and O–H groups in total. The number of guanidine groups is 1. The molecule has 0 amide bonds. The molecule has 0 saturated carbocycles. The minimum Gasteiger partial charge on any atom is -0.379 e. The number of nitrogens with zero attached hydrogens (tertiary/aromatic N) is 1. The molecule has 0 bridgehead atoms. The summed E-state index contributed by atoms with van der Waals surface area (Å²) >= 11 is 0. The van der Waals surface area contributed by atoms with Gasteiger partial charge >= 0.3 is 0 Å². The first-order valence-corrected chi connectivity index (χ1v) is 8.24. The van der Waals surface area contributed by atoms with E-state index in [4.69, 9.17) is 4.74 Å². The van der Waals surface area contributed by atoms with Crippen LogP contribution >= 0.6 is 24.0 Å². The molecule has 0 fully saturated rings. The minimum absolute atomic E-state index is 0. The van der Waals surface area contributed by atoms with Crippen LogP contribution in [0.2, 0.25) is 0 Å². The van der Waals surface area contributed by atoms with Crippen LogP contribution in [0.15, 0.2) is 35.3 Å². The number of rotatable bonds is 9. The third-order valence-corrected chi connectivity index (χ3v) is 3.38. The van der Waals surface area contributed by atoms with E-state index in [1.807, 2.05) is 7.05 Å². The zero-order valence-corrected chi connectivity index (χ0v) is 17.2. The molecule has 132 valence electrons. The monoisotopic (exact) mass is 433 g/mol. The number of hydrogen-bond donors (Lipinski definition) is 2. The Bertz CT molecular complexity index is 424. The Morgan fingerprint density at radius 2 is 1.87 bits per heavy atom. The Morgan fingerprint density at radius 3 is 2.48 bits per heavy atom. The molecular formula is C18H32IN3O. The third-order valence-electron chi connectivity index (χ3n) is 3.38. The molecule has 4 nitrogen and oxygen atoms in total. The van der Waals surface area contributed by atoms with Crippen molar-refractivity contribution >= 4 is 29.9 Å². The zero-order valence-electron chi connectivity index (χ0n) is 14.8. The van der Waals surface area contributed by atoms with Crippen LogP contribution in [0, 0.1) is 0 Å². The highest BCUT2D eigenvalue weighted by Crippen LogP contribution is 2.04. The maximum absolute atomic E-state index is 5.53. The molecule has 0 aliphatic heterocycles. The summed E-state index contributed by atoms with van der Waals surface area (Å²) in [7, 11) is 1.81. The highest BCUT2D eigenvalue weighted by atomic mass is 127. The van der Waals surface area contributed by atoms with Gasteiger partial charge in [-0.1, -0.05) is 30.3 Å². The van der Waals surface area contributed by atoms with Crippen molar-refractivity contribution in [2.45, 2.75) is 52.2 Å². The van der Waals surface area contributed by atoms with Gasteiger partial charge in [-0.3, -0.25) is 4.99 Å².